The van der Waals surface area contributed by atoms with E-state index < -0.39 is 0 Å². The van der Waals surface area contributed by atoms with Crippen molar-refractivity contribution < 1.29 is 9.18 Å². The third-order valence-corrected chi connectivity index (χ3v) is 3.44. The van der Waals surface area contributed by atoms with Gasteiger partial charge in [0, 0.05) is 12.2 Å². The predicted octanol–water partition coefficient (Wildman–Crippen LogP) is 3.81. The zero-order chi connectivity index (χ0) is 15.2. The molecule has 0 aliphatic rings. The monoisotopic (exact) mass is 286 g/mol. The fourth-order valence-electron chi connectivity index (χ4n) is 2.07. The van der Waals surface area contributed by atoms with Crippen molar-refractivity contribution in [3.05, 3.63) is 65.0 Å². The Hall–Kier alpha value is -2.36. The van der Waals surface area contributed by atoms with E-state index in [1.165, 1.54) is 12.1 Å². The van der Waals surface area contributed by atoms with Crippen molar-refractivity contribution in [2.75, 3.05) is 11.9 Å². The van der Waals surface area contributed by atoms with Crippen LogP contribution in [-0.4, -0.2) is 12.6 Å². The number of nitrogens with one attached hydrogen (secondary N) is 2. The van der Waals surface area contributed by atoms with Crippen LogP contribution in [0.25, 0.3) is 0 Å². The van der Waals surface area contributed by atoms with E-state index in [9.17, 15) is 9.18 Å². The number of hydrogen-bond donors (Lipinski definition) is 2. The molecule has 110 valence electrons. The number of halogens is 1. The summed E-state index contributed by atoms with van der Waals surface area (Å²) in [6.45, 7) is 4.43. The molecule has 2 rings (SSSR count). The molecular formula is C17H19FN2O. The van der Waals surface area contributed by atoms with Crippen molar-refractivity contribution in [3.63, 3.8) is 0 Å². The molecule has 2 aromatic carbocycles. The Morgan fingerprint density at radius 3 is 2.67 bits per heavy atom. The van der Waals surface area contributed by atoms with E-state index >= 15 is 0 Å². The van der Waals surface area contributed by atoms with Gasteiger partial charge in [-0.05, 0) is 55.2 Å². The molecule has 0 radical (unpaired) electrons. The van der Waals surface area contributed by atoms with Gasteiger partial charge in [0.05, 0.1) is 0 Å². The summed E-state index contributed by atoms with van der Waals surface area (Å²) in [4.78, 5) is 11.8. The molecule has 0 bridgehead atoms. The summed E-state index contributed by atoms with van der Waals surface area (Å²) in [5, 5.41) is 5.60. The highest BCUT2D eigenvalue weighted by Gasteiger charge is 2.05. The van der Waals surface area contributed by atoms with Crippen molar-refractivity contribution in [1.82, 2.24) is 5.32 Å². The van der Waals surface area contributed by atoms with E-state index in [0.29, 0.717) is 13.0 Å². The second kappa shape index (κ2) is 6.88. The molecule has 2 N–H and O–H groups in total. The average Bonchev–Trinajstić information content (AvgIpc) is 2.44. The van der Waals surface area contributed by atoms with E-state index in [4.69, 9.17) is 0 Å². The number of aryl methyl sites for hydroxylation is 1. The molecule has 21 heavy (non-hydrogen) atoms. The number of carbonyl (C=O) groups is 1. The Morgan fingerprint density at radius 2 is 1.90 bits per heavy atom. The number of carbonyl (C=O) groups excluding carboxylic acids is 1. The van der Waals surface area contributed by atoms with Gasteiger partial charge >= 0.3 is 6.03 Å². The van der Waals surface area contributed by atoms with Crippen LogP contribution in [0.5, 0.6) is 0 Å². The molecule has 2 aromatic rings. The summed E-state index contributed by atoms with van der Waals surface area (Å²) in [6.07, 6.45) is 0.595. The van der Waals surface area contributed by atoms with Crippen LogP contribution in [0.15, 0.2) is 42.5 Å². The topological polar surface area (TPSA) is 41.1 Å². The minimum atomic E-state index is -0.257. The maximum Gasteiger partial charge on any atom is 0.319 e. The third-order valence-electron chi connectivity index (χ3n) is 3.44. The number of amides is 2. The van der Waals surface area contributed by atoms with E-state index in [1.54, 1.807) is 6.07 Å². The highest BCUT2D eigenvalue weighted by atomic mass is 19.1. The molecule has 0 fully saturated rings. The lowest BCUT2D eigenvalue weighted by Crippen LogP contribution is -2.30. The first-order chi connectivity index (χ1) is 10.1. The van der Waals surface area contributed by atoms with Crippen molar-refractivity contribution >= 4 is 11.7 Å². The molecule has 0 saturated heterocycles. The summed E-state index contributed by atoms with van der Waals surface area (Å²) in [6, 6.07) is 11.9. The van der Waals surface area contributed by atoms with E-state index in [-0.39, 0.29) is 11.8 Å². The Labute approximate surface area is 124 Å². The van der Waals surface area contributed by atoms with Gasteiger partial charge in [0.2, 0.25) is 0 Å². The van der Waals surface area contributed by atoms with Crippen LogP contribution < -0.4 is 10.6 Å². The first kappa shape index (κ1) is 15.0. The normalized spacial score (nSPS) is 10.2. The van der Waals surface area contributed by atoms with Crippen molar-refractivity contribution in [3.8, 4) is 0 Å². The smallest absolute Gasteiger partial charge is 0.319 e. The Morgan fingerprint density at radius 1 is 1.14 bits per heavy atom. The molecule has 0 spiro atoms. The van der Waals surface area contributed by atoms with Gasteiger partial charge in [0.15, 0.2) is 0 Å². The molecule has 0 unspecified atom stereocenters. The van der Waals surface area contributed by atoms with Crippen LogP contribution in [0.4, 0.5) is 14.9 Å². The lowest BCUT2D eigenvalue weighted by molar-refractivity contribution is 0.252. The maximum atomic E-state index is 13.0. The van der Waals surface area contributed by atoms with Crippen molar-refractivity contribution in [2.24, 2.45) is 0 Å². The van der Waals surface area contributed by atoms with Crippen molar-refractivity contribution in [1.29, 1.82) is 0 Å². The molecule has 0 atom stereocenters. The Kier molecular flexibility index (Phi) is 4.93. The summed E-state index contributed by atoms with van der Waals surface area (Å²) in [7, 11) is 0. The van der Waals surface area contributed by atoms with Crippen LogP contribution in [0, 0.1) is 19.7 Å². The predicted molar refractivity (Wildman–Crippen MR) is 83.0 cm³/mol. The average molecular weight is 286 g/mol. The van der Waals surface area contributed by atoms with E-state index in [1.807, 2.05) is 38.1 Å². The highest BCUT2D eigenvalue weighted by molar-refractivity contribution is 5.90. The lowest BCUT2D eigenvalue weighted by Gasteiger charge is -2.11. The molecule has 0 saturated carbocycles. The summed E-state index contributed by atoms with van der Waals surface area (Å²) in [5.41, 5.74) is 3.85. The Balaban J connectivity index is 1.84. The second-order valence-electron chi connectivity index (χ2n) is 5.01. The largest absolute Gasteiger partial charge is 0.338 e. The molecule has 4 heteroatoms. The molecule has 0 aromatic heterocycles. The van der Waals surface area contributed by atoms with Gasteiger partial charge in [-0.15, -0.1) is 0 Å². The molecule has 3 nitrogen and oxygen atoms in total. The van der Waals surface area contributed by atoms with Gasteiger partial charge in [0.25, 0.3) is 0 Å². The summed E-state index contributed by atoms with van der Waals surface area (Å²) in [5.74, 6) is -0.257. The highest BCUT2D eigenvalue weighted by Crippen LogP contribution is 2.17. The van der Waals surface area contributed by atoms with Crippen LogP contribution >= 0.6 is 0 Å². The minimum absolute atomic E-state index is 0.250. The van der Waals surface area contributed by atoms with Gasteiger partial charge in [-0.2, -0.15) is 0 Å². The summed E-state index contributed by atoms with van der Waals surface area (Å²) < 4.78 is 13.0. The van der Waals surface area contributed by atoms with Gasteiger partial charge in [-0.3, -0.25) is 0 Å². The first-order valence-corrected chi connectivity index (χ1v) is 6.92. The molecular weight excluding hydrogens is 267 g/mol. The Bertz CT molecular complexity index is 640. The molecule has 0 heterocycles. The number of rotatable bonds is 4. The van der Waals surface area contributed by atoms with Crippen LogP contribution in [0.3, 0.4) is 0 Å². The SMILES string of the molecule is Cc1cccc(NC(=O)NCCc2cccc(F)c2)c1C. The zero-order valence-corrected chi connectivity index (χ0v) is 12.2. The van der Waals surface area contributed by atoms with Gasteiger partial charge in [-0.25, -0.2) is 9.18 Å². The summed E-state index contributed by atoms with van der Waals surface area (Å²) >= 11 is 0. The van der Waals surface area contributed by atoms with Crippen LogP contribution in [-0.2, 0) is 6.42 Å². The fourth-order valence-corrected chi connectivity index (χ4v) is 2.07. The standard InChI is InChI=1S/C17H19FN2O/c1-12-5-3-8-16(13(12)2)20-17(21)19-10-9-14-6-4-7-15(18)11-14/h3-8,11H,9-10H2,1-2H3,(H2,19,20,21). The molecule has 2 amide bonds. The second-order valence-corrected chi connectivity index (χ2v) is 5.01. The molecule has 0 aliphatic heterocycles. The third kappa shape index (κ3) is 4.31. The number of anilines is 1. The van der Waals surface area contributed by atoms with E-state index in [2.05, 4.69) is 10.6 Å². The first-order valence-electron chi connectivity index (χ1n) is 6.92. The number of hydrogen-bond acceptors (Lipinski definition) is 1. The van der Waals surface area contributed by atoms with Crippen molar-refractivity contribution in [2.45, 2.75) is 20.3 Å². The fraction of sp³-hybridized carbons (Fsp3) is 0.235. The van der Waals surface area contributed by atoms with Gasteiger partial charge < -0.3 is 10.6 Å². The number of urea groups is 1. The molecule has 0 aliphatic carbocycles. The van der Waals surface area contributed by atoms with E-state index in [0.717, 1.165) is 22.4 Å². The maximum absolute atomic E-state index is 13.0. The van der Waals surface area contributed by atoms with Crippen LogP contribution in [0.1, 0.15) is 16.7 Å². The van der Waals surface area contributed by atoms with Crippen LogP contribution in [0.2, 0.25) is 0 Å². The quantitative estimate of drug-likeness (QED) is 0.881. The van der Waals surface area contributed by atoms with Gasteiger partial charge in [-0.1, -0.05) is 24.3 Å². The minimum Gasteiger partial charge on any atom is -0.338 e. The van der Waals surface area contributed by atoms with Gasteiger partial charge in [0.1, 0.15) is 5.82 Å². The number of benzene rings is 2. The zero-order valence-electron chi connectivity index (χ0n) is 12.2. The lowest BCUT2D eigenvalue weighted by atomic mass is 10.1.